The van der Waals surface area contributed by atoms with Crippen molar-refractivity contribution in [2.75, 3.05) is 19.3 Å². The van der Waals surface area contributed by atoms with Crippen LogP contribution in [0.3, 0.4) is 0 Å². The van der Waals surface area contributed by atoms with E-state index >= 15 is 0 Å². The molecule has 0 spiro atoms. The Bertz CT molecular complexity index is 640. The zero-order chi connectivity index (χ0) is 17.0. The summed E-state index contributed by atoms with van der Waals surface area (Å²) in [5.41, 5.74) is 0. The fourth-order valence-corrected chi connectivity index (χ4v) is 3.30. The van der Waals surface area contributed by atoms with Crippen LogP contribution in [0, 0.1) is 5.82 Å². The molecule has 128 valence electrons. The van der Waals surface area contributed by atoms with Crippen molar-refractivity contribution in [1.82, 2.24) is 9.62 Å². The quantitative estimate of drug-likeness (QED) is 0.869. The summed E-state index contributed by atoms with van der Waals surface area (Å²) in [6.45, 7) is 2.41. The number of rotatable bonds is 5. The molecule has 0 aromatic heterocycles. The van der Waals surface area contributed by atoms with Crippen molar-refractivity contribution in [1.29, 1.82) is 0 Å². The van der Waals surface area contributed by atoms with Crippen LogP contribution in [0.25, 0.3) is 0 Å². The number of benzene rings is 1. The van der Waals surface area contributed by atoms with Gasteiger partial charge in [0.05, 0.1) is 6.26 Å². The molecule has 2 rings (SSSR count). The second-order valence-electron chi connectivity index (χ2n) is 5.66. The lowest BCUT2D eigenvalue weighted by Crippen LogP contribution is -2.49. The Balaban J connectivity index is 1.81. The fourth-order valence-electron chi connectivity index (χ4n) is 2.42. The zero-order valence-electron chi connectivity index (χ0n) is 13.2. The molecule has 0 bridgehead atoms. The highest BCUT2D eigenvalue weighted by Gasteiger charge is 2.27. The van der Waals surface area contributed by atoms with Crippen LogP contribution in [0.1, 0.15) is 19.8 Å². The maximum atomic E-state index is 12.8. The van der Waals surface area contributed by atoms with Crippen molar-refractivity contribution in [3.05, 3.63) is 30.1 Å². The number of halogens is 1. The van der Waals surface area contributed by atoms with Crippen LogP contribution in [0.2, 0.25) is 0 Å². The third-order valence-corrected chi connectivity index (χ3v) is 5.07. The lowest BCUT2D eigenvalue weighted by Gasteiger charge is -2.31. The van der Waals surface area contributed by atoms with Gasteiger partial charge in [-0.15, -0.1) is 0 Å². The molecule has 23 heavy (non-hydrogen) atoms. The van der Waals surface area contributed by atoms with Crippen LogP contribution >= 0.6 is 0 Å². The van der Waals surface area contributed by atoms with E-state index in [1.54, 1.807) is 6.92 Å². The van der Waals surface area contributed by atoms with Gasteiger partial charge < -0.3 is 10.1 Å². The molecule has 0 unspecified atom stereocenters. The lowest BCUT2D eigenvalue weighted by atomic mass is 10.1. The van der Waals surface area contributed by atoms with Gasteiger partial charge in [0.2, 0.25) is 10.0 Å². The number of hydrogen-bond acceptors (Lipinski definition) is 4. The molecule has 1 atom stereocenters. The molecule has 1 amide bonds. The van der Waals surface area contributed by atoms with Gasteiger partial charge in [0.15, 0.2) is 6.10 Å². The number of ether oxygens (including phenoxy) is 1. The minimum atomic E-state index is -3.17. The van der Waals surface area contributed by atoms with Crippen LogP contribution < -0.4 is 10.1 Å². The monoisotopic (exact) mass is 344 g/mol. The third kappa shape index (κ3) is 5.18. The van der Waals surface area contributed by atoms with E-state index in [9.17, 15) is 17.6 Å². The van der Waals surface area contributed by atoms with Crippen molar-refractivity contribution in [2.24, 2.45) is 0 Å². The Morgan fingerprint density at radius 2 is 1.87 bits per heavy atom. The van der Waals surface area contributed by atoms with E-state index in [0.29, 0.717) is 31.7 Å². The number of hydrogen-bond donors (Lipinski definition) is 1. The molecular weight excluding hydrogens is 323 g/mol. The van der Waals surface area contributed by atoms with Gasteiger partial charge >= 0.3 is 0 Å². The van der Waals surface area contributed by atoms with Crippen LogP contribution in [0.4, 0.5) is 4.39 Å². The maximum absolute atomic E-state index is 12.8. The summed E-state index contributed by atoms with van der Waals surface area (Å²) in [7, 11) is -3.17. The Morgan fingerprint density at radius 3 is 2.39 bits per heavy atom. The average molecular weight is 344 g/mol. The molecule has 8 heteroatoms. The van der Waals surface area contributed by atoms with Gasteiger partial charge in [-0.25, -0.2) is 17.1 Å². The minimum Gasteiger partial charge on any atom is -0.481 e. The van der Waals surface area contributed by atoms with Gasteiger partial charge in [0, 0.05) is 19.1 Å². The molecule has 1 N–H and O–H groups in total. The highest BCUT2D eigenvalue weighted by Crippen LogP contribution is 2.15. The van der Waals surface area contributed by atoms with Gasteiger partial charge in [-0.05, 0) is 44.0 Å². The summed E-state index contributed by atoms with van der Waals surface area (Å²) in [4.78, 5) is 12.1. The second kappa shape index (κ2) is 7.27. The molecule has 0 radical (unpaired) electrons. The van der Waals surface area contributed by atoms with E-state index in [0.717, 1.165) is 0 Å². The first kappa shape index (κ1) is 17.7. The average Bonchev–Trinajstić information content (AvgIpc) is 2.49. The van der Waals surface area contributed by atoms with E-state index in [2.05, 4.69) is 5.32 Å². The van der Waals surface area contributed by atoms with E-state index in [4.69, 9.17) is 4.74 Å². The molecule has 1 heterocycles. The molecule has 1 aromatic rings. The number of carbonyl (C=O) groups excluding carboxylic acids is 1. The Hall–Kier alpha value is -1.67. The number of sulfonamides is 1. The number of piperidine rings is 1. The van der Waals surface area contributed by atoms with Gasteiger partial charge in [-0.2, -0.15) is 0 Å². The topological polar surface area (TPSA) is 75.7 Å². The maximum Gasteiger partial charge on any atom is 0.260 e. The van der Waals surface area contributed by atoms with Crippen molar-refractivity contribution in [2.45, 2.75) is 31.9 Å². The second-order valence-corrected chi connectivity index (χ2v) is 7.64. The molecule has 0 aliphatic carbocycles. The molecule has 1 aliphatic heterocycles. The Kier molecular flexibility index (Phi) is 5.59. The normalized spacial score (nSPS) is 18.4. The van der Waals surface area contributed by atoms with E-state index in [-0.39, 0.29) is 17.8 Å². The number of carbonyl (C=O) groups is 1. The number of nitrogens with one attached hydrogen (secondary N) is 1. The zero-order valence-corrected chi connectivity index (χ0v) is 14.0. The molecule has 1 aromatic carbocycles. The van der Waals surface area contributed by atoms with Crippen LogP contribution in [-0.2, 0) is 14.8 Å². The van der Waals surface area contributed by atoms with E-state index in [1.165, 1.54) is 34.8 Å². The molecule has 1 saturated heterocycles. The molecule has 1 aliphatic rings. The fraction of sp³-hybridized carbons (Fsp3) is 0.533. The van der Waals surface area contributed by atoms with Gasteiger partial charge in [-0.1, -0.05) is 0 Å². The molecule has 6 nitrogen and oxygen atoms in total. The van der Waals surface area contributed by atoms with Crippen molar-refractivity contribution < 1.29 is 22.3 Å². The third-order valence-electron chi connectivity index (χ3n) is 3.77. The van der Waals surface area contributed by atoms with Gasteiger partial charge in [-0.3, -0.25) is 4.79 Å². The summed E-state index contributed by atoms with van der Waals surface area (Å²) in [5.74, 6) is -0.222. The Labute approximate surface area is 135 Å². The van der Waals surface area contributed by atoms with Crippen LogP contribution in [0.5, 0.6) is 5.75 Å². The minimum absolute atomic E-state index is 0.0697. The molecule has 0 saturated carbocycles. The largest absolute Gasteiger partial charge is 0.481 e. The van der Waals surface area contributed by atoms with Crippen LogP contribution in [-0.4, -0.2) is 50.1 Å². The smallest absolute Gasteiger partial charge is 0.260 e. The van der Waals surface area contributed by atoms with Crippen molar-refractivity contribution >= 4 is 15.9 Å². The van der Waals surface area contributed by atoms with Crippen LogP contribution in [0.15, 0.2) is 24.3 Å². The number of nitrogens with zero attached hydrogens (tertiary/aromatic N) is 1. The van der Waals surface area contributed by atoms with E-state index in [1.807, 2.05) is 0 Å². The summed E-state index contributed by atoms with van der Waals surface area (Å²) >= 11 is 0. The Morgan fingerprint density at radius 1 is 1.30 bits per heavy atom. The SMILES string of the molecule is C[C@@H](Oc1ccc(F)cc1)C(=O)NC1CCN(S(C)(=O)=O)CC1. The summed E-state index contributed by atoms with van der Waals surface area (Å²) < 4.78 is 42.6. The predicted molar refractivity (Wildman–Crippen MR) is 84.1 cm³/mol. The first-order valence-corrected chi connectivity index (χ1v) is 9.28. The summed E-state index contributed by atoms with van der Waals surface area (Å²) in [6, 6.07) is 5.38. The highest BCUT2D eigenvalue weighted by molar-refractivity contribution is 7.88. The summed E-state index contributed by atoms with van der Waals surface area (Å²) in [6.07, 6.45) is 1.61. The van der Waals surface area contributed by atoms with Gasteiger partial charge in [0.25, 0.3) is 5.91 Å². The number of amides is 1. The molecule has 1 fully saturated rings. The van der Waals surface area contributed by atoms with Crippen molar-refractivity contribution in [3.63, 3.8) is 0 Å². The predicted octanol–water partition coefficient (Wildman–Crippen LogP) is 1.13. The molecular formula is C15H21FN2O4S. The first-order valence-electron chi connectivity index (χ1n) is 7.43. The highest BCUT2D eigenvalue weighted by atomic mass is 32.2. The van der Waals surface area contributed by atoms with Crippen molar-refractivity contribution in [3.8, 4) is 5.75 Å². The summed E-state index contributed by atoms with van der Waals surface area (Å²) in [5, 5.41) is 2.86. The van der Waals surface area contributed by atoms with Gasteiger partial charge in [0.1, 0.15) is 11.6 Å². The first-order chi connectivity index (χ1) is 10.8. The standard InChI is InChI=1S/C15H21FN2O4S/c1-11(22-14-5-3-12(16)4-6-14)15(19)17-13-7-9-18(10-8-13)23(2,20)21/h3-6,11,13H,7-10H2,1-2H3,(H,17,19)/t11-/m1/s1. The lowest BCUT2D eigenvalue weighted by molar-refractivity contribution is -0.128. The van der Waals surface area contributed by atoms with E-state index < -0.39 is 16.1 Å².